The molecule has 0 aromatic heterocycles. The van der Waals surface area contributed by atoms with Crippen molar-refractivity contribution in [2.45, 2.75) is 58.7 Å². The van der Waals surface area contributed by atoms with Crippen LogP contribution < -0.4 is 5.32 Å². The Hall–Kier alpha value is -0.380. The Kier molecular flexibility index (Phi) is 6.27. The SMILES string of the molecule is CCCC1CN(C(C)c2ccc(Br)cc2)C(C(C)C)CN1. The Bertz CT molecular complexity index is 429. The first-order valence-corrected chi connectivity index (χ1v) is 9.06. The topological polar surface area (TPSA) is 15.3 Å². The Balaban J connectivity index is 2.16. The molecule has 2 nitrogen and oxygen atoms in total. The van der Waals surface area contributed by atoms with Crippen molar-refractivity contribution in [1.29, 1.82) is 0 Å². The third kappa shape index (κ3) is 4.30. The monoisotopic (exact) mass is 352 g/mol. The minimum Gasteiger partial charge on any atom is -0.311 e. The zero-order valence-corrected chi connectivity index (χ0v) is 15.4. The van der Waals surface area contributed by atoms with Gasteiger partial charge in [-0.1, -0.05) is 55.3 Å². The van der Waals surface area contributed by atoms with E-state index in [4.69, 9.17) is 0 Å². The fourth-order valence-corrected chi connectivity index (χ4v) is 3.66. The molecule has 0 amide bonds. The molecule has 21 heavy (non-hydrogen) atoms. The van der Waals surface area contributed by atoms with Crippen LogP contribution in [0, 0.1) is 5.92 Å². The summed E-state index contributed by atoms with van der Waals surface area (Å²) in [6.45, 7) is 11.6. The van der Waals surface area contributed by atoms with Crippen molar-refractivity contribution in [1.82, 2.24) is 10.2 Å². The first-order valence-electron chi connectivity index (χ1n) is 8.27. The highest BCUT2D eigenvalue weighted by atomic mass is 79.9. The van der Waals surface area contributed by atoms with E-state index in [0.29, 0.717) is 24.0 Å². The van der Waals surface area contributed by atoms with Crippen LogP contribution in [0.15, 0.2) is 28.7 Å². The number of halogens is 1. The van der Waals surface area contributed by atoms with Gasteiger partial charge in [-0.3, -0.25) is 4.90 Å². The lowest BCUT2D eigenvalue weighted by atomic mass is 9.93. The smallest absolute Gasteiger partial charge is 0.0324 e. The molecule has 1 aromatic rings. The van der Waals surface area contributed by atoms with Gasteiger partial charge < -0.3 is 5.32 Å². The van der Waals surface area contributed by atoms with Crippen LogP contribution in [0.3, 0.4) is 0 Å². The summed E-state index contributed by atoms with van der Waals surface area (Å²) in [5.74, 6) is 0.679. The van der Waals surface area contributed by atoms with Crippen LogP contribution in [0.5, 0.6) is 0 Å². The first kappa shape index (κ1) is 17.0. The van der Waals surface area contributed by atoms with Crippen molar-refractivity contribution in [2.75, 3.05) is 13.1 Å². The molecular weight excluding hydrogens is 324 g/mol. The first-order chi connectivity index (χ1) is 10.0. The van der Waals surface area contributed by atoms with E-state index in [1.54, 1.807) is 0 Å². The maximum Gasteiger partial charge on any atom is 0.0324 e. The maximum absolute atomic E-state index is 3.75. The quantitative estimate of drug-likeness (QED) is 0.832. The summed E-state index contributed by atoms with van der Waals surface area (Å²) in [6.07, 6.45) is 2.53. The Morgan fingerprint density at radius 3 is 2.48 bits per heavy atom. The van der Waals surface area contributed by atoms with Gasteiger partial charge in [0.05, 0.1) is 0 Å². The number of nitrogens with zero attached hydrogens (tertiary/aromatic N) is 1. The van der Waals surface area contributed by atoms with E-state index in [9.17, 15) is 0 Å². The predicted octanol–water partition coefficient (Wildman–Crippen LogP) is 4.61. The van der Waals surface area contributed by atoms with Crippen LogP contribution in [0.25, 0.3) is 0 Å². The van der Waals surface area contributed by atoms with Crippen LogP contribution in [0.1, 0.15) is 52.1 Å². The second kappa shape index (κ2) is 7.75. The number of benzene rings is 1. The van der Waals surface area contributed by atoms with Crippen molar-refractivity contribution in [2.24, 2.45) is 5.92 Å². The Labute approximate surface area is 138 Å². The number of nitrogens with one attached hydrogen (secondary N) is 1. The zero-order chi connectivity index (χ0) is 15.4. The highest BCUT2D eigenvalue weighted by molar-refractivity contribution is 9.10. The molecule has 1 saturated heterocycles. The molecule has 1 aliphatic heterocycles. The molecule has 0 radical (unpaired) electrons. The summed E-state index contributed by atoms with van der Waals surface area (Å²) in [4.78, 5) is 2.71. The minimum atomic E-state index is 0.479. The van der Waals surface area contributed by atoms with E-state index in [-0.39, 0.29) is 0 Å². The second-order valence-electron chi connectivity index (χ2n) is 6.63. The summed E-state index contributed by atoms with van der Waals surface area (Å²) in [5, 5.41) is 3.75. The summed E-state index contributed by atoms with van der Waals surface area (Å²) in [5.41, 5.74) is 1.42. The molecule has 0 bridgehead atoms. The molecule has 1 aromatic carbocycles. The summed E-state index contributed by atoms with van der Waals surface area (Å²) < 4.78 is 1.16. The van der Waals surface area contributed by atoms with Crippen LogP contribution >= 0.6 is 15.9 Å². The molecule has 1 aliphatic rings. The average Bonchev–Trinajstić information content (AvgIpc) is 2.47. The van der Waals surface area contributed by atoms with E-state index in [1.165, 1.54) is 18.4 Å². The zero-order valence-electron chi connectivity index (χ0n) is 13.8. The Morgan fingerprint density at radius 2 is 1.90 bits per heavy atom. The third-order valence-corrected chi connectivity index (χ3v) is 5.26. The van der Waals surface area contributed by atoms with Gasteiger partial charge in [0.15, 0.2) is 0 Å². The fraction of sp³-hybridized carbons (Fsp3) is 0.667. The van der Waals surface area contributed by atoms with Crippen molar-refractivity contribution < 1.29 is 0 Å². The second-order valence-corrected chi connectivity index (χ2v) is 7.55. The van der Waals surface area contributed by atoms with Crippen LogP contribution in [-0.4, -0.2) is 30.1 Å². The van der Waals surface area contributed by atoms with Gasteiger partial charge in [-0.25, -0.2) is 0 Å². The molecular formula is C18H29BrN2. The minimum absolute atomic E-state index is 0.479. The highest BCUT2D eigenvalue weighted by Crippen LogP contribution is 2.29. The lowest BCUT2D eigenvalue weighted by Crippen LogP contribution is -2.58. The van der Waals surface area contributed by atoms with Gasteiger partial charge in [0.1, 0.15) is 0 Å². The third-order valence-electron chi connectivity index (χ3n) is 4.73. The molecule has 1 heterocycles. The molecule has 3 unspecified atom stereocenters. The van der Waals surface area contributed by atoms with Crippen LogP contribution in [0.4, 0.5) is 0 Å². The predicted molar refractivity (Wildman–Crippen MR) is 94.6 cm³/mol. The van der Waals surface area contributed by atoms with E-state index in [0.717, 1.165) is 17.6 Å². The lowest BCUT2D eigenvalue weighted by Gasteiger charge is -2.45. The molecule has 0 spiro atoms. The van der Waals surface area contributed by atoms with Gasteiger partial charge in [-0.2, -0.15) is 0 Å². The molecule has 3 atom stereocenters. The molecule has 118 valence electrons. The molecule has 0 saturated carbocycles. The summed E-state index contributed by atoms with van der Waals surface area (Å²) in [7, 11) is 0. The summed E-state index contributed by atoms with van der Waals surface area (Å²) >= 11 is 3.53. The Morgan fingerprint density at radius 1 is 1.24 bits per heavy atom. The normalized spacial score (nSPS) is 25.2. The average molecular weight is 353 g/mol. The van der Waals surface area contributed by atoms with Crippen molar-refractivity contribution in [3.05, 3.63) is 34.3 Å². The van der Waals surface area contributed by atoms with Gasteiger partial charge in [-0.05, 0) is 37.0 Å². The van der Waals surface area contributed by atoms with E-state index in [2.05, 4.69) is 78.1 Å². The van der Waals surface area contributed by atoms with Gasteiger partial charge in [-0.15, -0.1) is 0 Å². The summed E-state index contributed by atoms with van der Waals surface area (Å²) in [6, 6.07) is 10.6. The lowest BCUT2D eigenvalue weighted by molar-refractivity contribution is 0.0598. The van der Waals surface area contributed by atoms with E-state index in [1.807, 2.05) is 0 Å². The number of rotatable bonds is 5. The molecule has 0 aliphatic carbocycles. The molecule has 1 N–H and O–H groups in total. The van der Waals surface area contributed by atoms with Gasteiger partial charge >= 0.3 is 0 Å². The fourth-order valence-electron chi connectivity index (χ4n) is 3.40. The van der Waals surface area contributed by atoms with Crippen molar-refractivity contribution >= 4 is 15.9 Å². The largest absolute Gasteiger partial charge is 0.311 e. The molecule has 2 rings (SSSR count). The van der Waals surface area contributed by atoms with Crippen molar-refractivity contribution in [3.8, 4) is 0 Å². The highest BCUT2D eigenvalue weighted by Gasteiger charge is 2.32. The number of hydrogen-bond acceptors (Lipinski definition) is 2. The molecule has 3 heteroatoms. The van der Waals surface area contributed by atoms with E-state index < -0.39 is 0 Å². The van der Waals surface area contributed by atoms with Crippen molar-refractivity contribution in [3.63, 3.8) is 0 Å². The van der Waals surface area contributed by atoms with Gasteiger partial charge in [0.25, 0.3) is 0 Å². The maximum atomic E-state index is 3.75. The van der Waals surface area contributed by atoms with Crippen LogP contribution in [0.2, 0.25) is 0 Å². The van der Waals surface area contributed by atoms with Gasteiger partial charge in [0, 0.05) is 35.7 Å². The standard InChI is InChI=1S/C18H29BrN2/c1-5-6-17-12-21(18(11-20-17)13(2)3)14(4)15-7-9-16(19)10-8-15/h7-10,13-14,17-18,20H,5-6,11-12H2,1-4H3. The van der Waals surface area contributed by atoms with E-state index >= 15 is 0 Å². The molecule has 1 fully saturated rings. The number of hydrogen-bond donors (Lipinski definition) is 1. The van der Waals surface area contributed by atoms with Gasteiger partial charge in [0.2, 0.25) is 0 Å². The van der Waals surface area contributed by atoms with Crippen LogP contribution in [-0.2, 0) is 0 Å². The number of piperazine rings is 1.